The van der Waals surface area contributed by atoms with Crippen LogP contribution in [0.4, 0.5) is 0 Å². The summed E-state index contributed by atoms with van der Waals surface area (Å²) in [5, 5.41) is 1.04. The molecule has 0 aliphatic carbocycles. The summed E-state index contributed by atoms with van der Waals surface area (Å²) in [7, 11) is 0. The van der Waals surface area contributed by atoms with Crippen molar-refractivity contribution in [1.82, 2.24) is 15.0 Å². The topological polar surface area (TPSA) is 38.7 Å². The highest BCUT2D eigenvalue weighted by Crippen LogP contribution is 2.19. The van der Waals surface area contributed by atoms with Crippen molar-refractivity contribution in [3.8, 4) is 11.5 Å². The summed E-state index contributed by atoms with van der Waals surface area (Å²) < 4.78 is 0. The molecule has 0 unspecified atom stereocenters. The molecule has 0 bridgehead atoms. The first-order valence-electron chi connectivity index (χ1n) is 8.52. The molecule has 3 nitrogen and oxygen atoms in total. The third-order valence-corrected chi connectivity index (χ3v) is 4.41. The molecule has 4 aromatic rings. The van der Waals surface area contributed by atoms with E-state index in [2.05, 4.69) is 47.2 Å². The number of aryl methyl sites for hydroxylation is 3. The lowest BCUT2D eigenvalue weighted by molar-refractivity contribution is 0.900. The van der Waals surface area contributed by atoms with Crippen LogP contribution in [-0.4, -0.2) is 15.0 Å². The van der Waals surface area contributed by atoms with Gasteiger partial charge in [0.15, 0.2) is 5.82 Å². The van der Waals surface area contributed by atoms with E-state index in [1.54, 1.807) is 0 Å². The third kappa shape index (κ3) is 3.41. The smallest absolute Gasteiger partial charge is 0.178 e. The fourth-order valence-corrected chi connectivity index (χ4v) is 2.95. The molecule has 2 heterocycles. The molecule has 0 spiro atoms. The molecular weight excluding hydrogens is 306 g/mol. The summed E-state index contributed by atoms with van der Waals surface area (Å²) in [6.07, 6.45) is 3.76. The van der Waals surface area contributed by atoms with E-state index in [0.717, 1.165) is 35.1 Å². The maximum atomic E-state index is 4.84. The Kier molecular flexibility index (Phi) is 4.21. The van der Waals surface area contributed by atoms with Gasteiger partial charge < -0.3 is 0 Å². The first-order valence-corrected chi connectivity index (χ1v) is 8.52. The van der Waals surface area contributed by atoms with Gasteiger partial charge in [0.2, 0.25) is 0 Å². The maximum Gasteiger partial charge on any atom is 0.178 e. The first kappa shape index (κ1) is 15.5. The Morgan fingerprint density at radius 2 is 1.56 bits per heavy atom. The highest BCUT2D eigenvalue weighted by Gasteiger charge is 2.08. The second kappa shape index (κ2) is 6.81. The SMILES string of the molecule is Cc1ccc(-c2ncc3ccccc3n2)nc1CCc1ccccc1. The van der Waals surface area contributed by atoms with Gasteiger partial charge in [-0.2, -0.15) is 0 Å². The van der Waals surface area contributed by atoms with Gasteiger partial charge in [-0.25, -0.2) is 15.0 Å². The van der Waals surface area contributed by atoms with Crippen LogP contribution in [0, 0.1) is 6.92 Å². The molecule has 2 aromatic heterocycles. The van der Waals surface area contributed by atoms with Crippen molar-refractivity contribution in [2.24, 2.45) is 0 Å². The second-order valence-corrected chi connectivity index (χ2v) is 6.20. The molecule has 122 valence electrons. The van der Waals surface area contributed by atoms with Crippen LogP contribution in [0.1, 0.15) is 16.8 Å². The maximum absolute atomic E-state index is 4.84. The van der Waals surface area contributed by atoms with Gasteiger partial charge in [-0.15, -0.1) is 0 Å². The van der Waals surface area contributed by atoms with Crippen molar-refractivity contribution in [1.29, 1.82) is 0 Å². The zero-order valence-corrected chi connectivity index (χ0v) is 14.2. The first-order chi connectivity index (χ1) is 12.3. The van der Waals surface area contributed by atoms with Crippen LogP contribution in [0.5, 0.6) is 0 Å². The number of rotatable bonds is 4. The number of aromatic nitrogens is 3. The van der Waals surface area contributed by atoms with Gasteiger partial charge in [-0.05, 0) is 43.0 Å². The number of hydrogen-bond acceptors (Lipinski definition) is 3. The fraction of sp³-hybridized carbons (Fsp3) is 0.136. The molecule has 0 fully saturated rings. The van der Waals surface area contributed by atoms with E-state index in [1.165, 1.54) is 11.1 Å². The number of nitrogens with zero attached hydrogens (tertiary/aromatic N) is 3. The molecule has 2 aromatic carbocycles. The van der Waals surface area contributed by atoms with Crippen molar-refractivity contribution >= 4 is 10.9 Å². The van der Waals surface area contributed by atoms with Crippen molar-refractivity contribution in [3.63, 3.8) is 0 Å². The minimum Gasteiger partial charge on any atom is -0.249 e. The molecule has 0 radical (unpaired) electrons. The zero-order valence-electron chi connectivity index (χ0n) is 14.2. The Labute approximate surface area is 147 Å². The molecule has 4 rings (SSSR count). The summed E-state index contributed by atoms with van der Waals surface area (Å²) >= 11 is 0. The molecular formula is C22H19N3. The van der Waals surface area contributed by atoms with Gasteiger partial charge in [-0.3, -0.25) is 0 Å². The standard InChI is InChI=1S/C22H19N3/c1-16-11-13-21(22-23-15-18-9-5-6-10-20(18)25-22)24-19(16)14-12-17-7-3-2-4-8-17/h2-11,13,15H,12,14H2,1H3. The summed E-state index contributed by atoms with van der Waals surface area (Å²) in [5.41, 5.74) is 5.43. The van der Waals surface area contributed by atoms with Gasteiger partial charge in [-0.1, -0.05) is 54.6 Å². The lowest BCUT2D eigenvalue weighted by Gasteiger charge is -2.08. The molecule has 25 heavy (non-hydrogen) atoms. The second-order valence-electron chi connectivity index (χ2n) is 6.20. The van der Waals surface area contributed by atoms with E-state index in [4.69, 9.17) is 4.98 Å². The Morgan fingerprint density at radius 3 is 2.44 bits per heavy atom. The quantitative estimate of drug-likeness (QED) is 0.542. The minimum absolute atomic E-state index is 0.680. The molecule has 0 saturated heterocycles. The highest BCUT2D eigenvalue weighted by molar-refractivity contribution is 5.79. The third-order valence-electron chi connectivity index (χ3n) is 4.41. The van der Waals surface area contributed by atoms with Crippen LogP contribution in [0.2, 0.25) is 0 Å². The summed E-state index contributed by atoms with van der Waals surface area (Å²) in [6.45, 7) is 2.11. The van der Waals surface area contributed by atoms with Crippen LogP contribution < -0.4 is 0 Å². The average Bonchev–Trinajstić information content (AvgIpc) is 2.68. The predicted octanol–water partition coefficient (Wildman–Crippen LogP) is 4.79. The largest absolute Gasteiger partial charge is 0.249 e. The Hall–Kier alpha value is -3.07. The van der Waals surface area contributed by atoms with Crippen LogP contribution in [0.25, 0.3) is 22.4 Å². The normalized spacial score (nSPS) is 10.9. The summed E-state index contributed by atoms with van der Waals surface area (Å²) in [5.74, 6) is 0.680. The van der Waals surface area contributed by atoms with Crippen molar-refractivity contribution in [3.05, 3.63) is 89.7 Å². The predicted molar refractivity (Wildman–Crippen MR) is 101 cm³/mol. The average molecular weight is 325 g/mol. The molecule has 0 aliphatic rings. The van der Waals surface area contributed by atoms with Crippen molar-refractivity contribution in [2.45, 2.75) is 19.8 Å². The molecule has 0 saturated carbocycles. The van der Waals surface area contributed by atoms with E-state index in [0.29, 0.717) is 5.82 Å². The number of hydrogen-bond donors (Lipinski definition) is 0. The van der Waals surface area contributed by atoms with Gasteiger partial charge in [0.1, 0.15) is 5.69 Å². The number of fused-ring (bicyclic) bond motifs is 1. The van der Waals surface area contributed by atoms with Crippen LogP contribution in [-0.2, 0) is 12.8 Å². The van der Waals surface area contributed by atoms with E-state index in [1.807, 2.05) is 42.6 Å². The van der Waals surface area contributed by atoms with Crippen molar-refractivity contribution < 1.29 is 0 Å². The lowest BCUT2D eigenvalue weighted by Crippen LogP contribution is -2.01. The van der Waals surface area contributed by atoms with Crippen molar-refractivity contribution in [2.75, 3.05) is 0 Å². The Balaban J connectivity index is 1.63. The Morgan fingerprint density at radius 1 is 0.760 bits per heavy atom. The summed E-state index contributed by atoms with van der Waals surface area (Å²) in [4.78, 5) is 14.0. The summed E-state index contributed by atoms with van der Waals surface area (Å²) in [6, 6.07) is 22.7. The molecule has 0 atom stereocenters. The molecule has 0 aliphatic heterocycles. The number of pyridine rings is 1. The monoisotopic (exact) mass is 325 g/mol. The van der Waals surface area contributed by atoms with Gasteiger partial charge in [0, 0.05) is 17.3 Å². The van der Waals surface area contributed by atoms with Gasteiger partial charge >= 0.3 is 0 Å². The number of benzene rings is 2. The van der Waals surface area contributed by atoms with E-state index in [-0.39, 0.29) is 0 Å². The van der Waals surface area contributed by atoms with Gasteiger partial charge in [0.25, 0.3) is 0 Å². The number of para-hydroxylation sites is 1. The van der Waals surface area contributed by atoms with E-state index < -0.39 is 0 Å². The van der Waals surface area contributed by atoms with Crippen LogP contribution in [0.15, 0.2) is 72.9 Å². The molecule has 0 N–H and O–H groups in total. The van der Waals surface area contributed by atoms with Gasteiger partial charge in [0.05, 0.1) is 5.52 Å². The zero-order chi connectivity index (χ0) is 17.1. The van der Waals surface area contributed by atoms with E-state index in [9.17, 15) is 0 Å². The fourth-order valence-electron chi connectivity index (χ4n) is 2.95. The molecule has 0 amide bonds. The van der Waals surface area contributed by atoms with Crippen LogP contribution >= 0.6 is 0 Å². The van der Waals surface area contributed by atoms with Crippen LogP contribution in [0.3, 0.4) is 0 Å². The van der Waals surface area contributed by atoms with E-state index >= 15 is 0 Å². The lowest BCUT2D eigenvalue weighted by atomic mass is 10.0. The highest BCUT2D eigenvalue weighted by atomic mass is 14.9. The molecule has 3 heteroatoms. The Bertz CT molecular complexity index is 1010. The minimum atomic E-state index is 0.680.